The number of carbonyl (C=O) groups is 2. The number of ether oxygens (including phenoxy) is 1. The molecule has 1 fully saturated rings. The molecule has 0 radical (unpaired) electrons. The Morgan fingerprint density at radius 3 is 2.37 bits per heavy atom. The number of hydrogen-bond donors (Lipinski definition) is 1. The summed E-state index contributed by atoms with van der Waals surface area (Å²) in [7, 11) is 0. The summed E-state index contributed by atoms with van der Waals surface area (Å²) in [6.45, 7) is 2.25. The molecule has 7 nitrogen and oxygen atoms in total. The first-order valence-electron chi connectivity index (χ1n) is 12.0. The number of hydrogen-bond acceptors (Lipinski definition) is 6. The van der Waals surface area contributed by atoms with Gasteiger partial charge in [0.15, 0.2) is 0 Å². The first-order valence-corrected chi connectivity index (χ1v) is 12.0. The van der Waals surface area contributed by atoms with Gasteiger partial charge in [0.1, 0.15) is 18.1 Å². The maximum atomic E-state index is 13.3. The predicted molar refractivity (Wildman–Crippen MR) is 142 cm³/mol. The molecule has 1 aliphatic rings. The molecule has 1 atom stereocenters. The zero-order valence-corrected chi connectivity index (χ0v) is 20.5. The summed E-state index contributed by atoms with van der Waals surface area (Å²) < 4.78 is 5.95. The van der Waals surface area contributed by atoms with Crippen molar-refractivity contribution in [3.63, 3.8) is 0 Å². The van der Waals surface area contributed by atoms with Crippen LogP contribution in [0.2, 0.25) is 0 Å². The SMILES string of the molecule is Cc1cc(/C(O)=C2/C(=O)C(=O)N(c3ccc(C#N)cc3)C2c2ccncc2)ccc1OCc1ccccc1. The Bertz CT molecular complexity index is 1570. The number of amides is 1. The first-order chi connectivity index (χ1) is 18.5. The topological polar surface area (TPSA) is 104 Å². The van der Waals surface area contributed by atoms with Crippen molar-refractivity contribution >= 4 is 23.1 Å². The molecule has 0 spiro atoms. The number of aliphatic hydroxyl groups excluding tert-OH is 1. The molecular formula is C31H23N3O4. The van der Waals surface area contributed by atoms with E-state index in [1.54, 1.807) is 67.0 Å². The molecule has 1 unspecified atom stereocenters. The van der Waals surface area contributed by atoms with Gasteiger partial charge in [0.2, 0.25) is 0 Å². The van der Waals surface area contributed by atoms with E-state index in [1.807, 2.05) is 43.3 Å². The second-order valence-electron chi connectivity index (χ2n) is 8.86. The molecular weight excluding hydrogens is 478 g/mol. The molecule has 186 valence electrons. The minimum absolute atomic E-state index is 0.0251. The van der Waals surface area contributed by atoms with Gasteiger partial charge in [-0.1, -0.05) is 30.3 Å². The van der Waals surface area contributed by atoms with E-state index < -0.39 is 17.7 Å². The third-order valence-electron chi connectivity index (χ3n) is 6.43. The molecule has 4 aromatic rings. The van der Waals surface area contributed by atoms with E-state index in [2.05, 4.69) is 4.98 Å². The van der Waals surface area contributed by atoms with Crippen molar-refractivity contribution in [2.75, 3.05) is 4.90 Å². The summed E-state index contributed by atoms with van der Waals surface area (Å²) in [5.74, 6) is -1.19. The quantitative estimate of drug-likeness (QED) is 0.214. The Labute approximate surface area is 219 Å². The molecule has 2 heterocycles. The van der Waals surface area contributed by atoms with Crippen LogP contribution in [0.5, 0.6) is 5.75 Å². The fraction of sp³-hybridized carbons (Fsp3) is 0.0968. The summed E-state index contributed by atoms with van der Waals surface area (Å²) >= 11 is 0. The number of Topliss-reactive ketones (excluding diaryl/α,β-unsaturated/α-hetero) is 1. The molecule has 1 aliphatic heterocycles. The van der Waals surface area contributed by atoms with Gasteiger partial charge in [0.05, 0.1) is 23.2 Å². The largest absolute Gasteiger partial charge is 0.507 e. The number of carbonyl (C=O) groups excluding carboxylic acids is 2. The fourth-order valence-electron chi connectivity index (χ4n) is 4.51. The molecule has 0 saturated carbocycles. The standard InChI is InChI=1S/C31H23N3O4/c1-20-17-24(9-12-26(20)38-19-22-5-3-2-4-6-22)29(35)27-28(23-13-15-33-16-14-23)34(31(37)30(27)36)25-10-7-21(18-32)8-11-25/h2-17,28,35H,19H2,1H3/b29-27-. The molecule has 5 rings (SSSR count). The van der Waals surface area contributed by atoms with Crippen LogP contribution < -0.4 is 9.64 Å². The summed E-state index contributed by atoms with van der Waals surface area (Å²) in [5, 5.41) is 20.5. The van der Waals surface area contributed by atoms with Gasteiger partial charge < -0.3 is 9.84 Å². The van der Waals surface area contributed by atoms with Crippen LogP contribution in [0.1, 0.15) is 33.9 Å². The lowest BCUT2D eigenvalue weighted by atomic mass is 9.95. The van der Waals surface area contributed by atoms with Crippen LogP contribution >= 0.6 is 0 Å². The van der Waals surface area contributed by atoms with Crippen LogP contribution in [0.3, 0.4) is 0 Å². The van der Waals surface area contributed by atoms with E-state index in [9.17, 15) is 14.7 Å². The molecule has 0 bridgehead atoms. The van der Waals surface area contributed by atoms with Crippen LogP contribution in [0.25, 0.3) is 5.76 Å². The zero-order valence-electron chi connectivity index (χ0n) is 20.5. The van der Waals surface area contributed by atoms with E-state index in [1.165, 1.54) is 4.90 Å². The number of aryl methyl sites for hydroxylation is 1. The number of nitrogens with zero attached hydrogens (tertiary/aromatic N) is 3. The third kappa shape index (κ3) is 4.63. The van der Waals surface area contributed by atoms with E-state index in [-0.39, 0.29) is 11.3 Å². The molecule has 1 aromatic heterocycles. The van der Waals surface area contributed by atoms with Gasteiger partial charge in [-0.25, -0.2) is 0 Å². The highest BCUT2D eigenvalue weighted by molar-refractivity contribution is 6.51. The average molecular weight is 502 g/mol. The average Bonchev–Trinajstić information content (AvgIpc) is 3.23. The first kappa shape index (κ1) is 24.5. The summed E-state index contributed by atoms with van der Waals surface area (Å²) in [5.41, 5.74) is 3.65. The molecule has 0 aliphatic carbocycles. The highest BCUT2D eigenvalue weighted by Crippen LogP contribution is 2.42. The third-order valence-corrected chi connectivity index (χ3v) is 6.43. The highest BCUT2D eigenvalue weighted by Gasteiger charge is 2.47. The summed E-state index contributed by atoms with van der Waals surface area (Å²) in [4.78, 5) is 32.0. The second kappa shape index (κ2) is 10.4. The van der Waals surface area contributed by atoms with Gasteiger partial charge in [-0.3, -0.25) is 19.5 Å². The zero-order chi connectivity index (χ0) is 26.6. The Morgan fingerprint density at radius 1 is 1.00 bits per heavy atom. The lowest BCUT2D eigenvalue weighted by molar-refractivity contribution is -0.132. The Morgan fingerprint density at radius 2 is 1.71 bits per heavy atom. The fourth-order valence-corrected chi connectivity index (χ4v) is 4.51. The molecule has 1 saturated heterocycles. The lowest BCUT2D eigenvalue weighted by Crippen LogP contribution is -2.29. The second-order valence-corrected chi connectivity index (χ2v) is 8.86. The van der Waals surface area contributed by atoms with E-state index in [4.69, 9.17) is 10.00 Å². The Balaban J connectivity index is 1.54. The Hall–Kier alpha value is -5.22. The van der Waals surface area contributed by atoms with Gasteiger partial charge in [-0.05, 0) is 78.2 Å². The minimum atomic E-state index is -0.875. The van der Waals surface area contributed by atoms with Crippen molar-refractivity contribution in [3.05, 3.63) is 131 Å². The number of aromatic nitrogens is 1. The van der Waals surface area contributed by atoms with Gasteiger partial charge in [-0.2, -0.15) is 5.26 Å². The van der Waals surface area contributed by atoms with Crippen molar-refractivity contribution in [1.82, 2.24) is 4.98 Å². The highest BCUT2D eigenvalue weighted by atomic mass is 16.5. The van der Waals surface area contributed by atoms with Crippen molar-refractivity contribution < 1.29 is 19.4 Å². The van der Waals surface area contributed by atoms with E-state index in [0.29, 0.717) is 34.7 Å². The molecule has 1 amide bonds. The van der Waals surface area contributed by atoms with Crippen molar-refractivity contribution in [1.29, 1.82) is 5.26 Å². The van der Waals surface area contributed by atoms with E-state index in [0.717, 1.165) is 11.1 Å². The maximum Gasteiger partial charge on any atom is 0.300 e. The predicted octanol–water partition coefficient (Wildman–Crippen LogP) is 5.47. The number of ketones is 1. The van der Waals surface area contributed by atoms with Crippen LogP contribution in [-0.4, -0.2) is 21.8 Å². The molecule has 7 heteroatoms. The van der Waals surface area contributed by atoms with Crippen LogP contribution in [0.15, 0.2) is 103 Å². The number of rotatable bonds is 6. The molecule has 3 aromatic carbocycles. The minimum Gasteiger partial charge on any atom is -0.507 e. The van der Waals surface area contributed by atoms with Gasteiger partial charge in [0, 0.05) is 23.6 Å². The van der Waals surface area contributed by atoms with Crippen molar-refractivity contribution in [2.45, 2.75) is 19.6 Å². The number of anilines is 1. The molecule has 1 N–H and O–H groups in total. The van der Waals surface area contributed by atoms with Crippen LogP contribution in [0.4, 0.5) is 5.69 Å². The Kier molecular flexibility index (Phi) is 6.70. The van der Waals surface area contributed by atoms with Crippen molar-refractivity contribution in [3.8, 4) is 11.8 Å². The number of benzene rings is 3. The summed E-state index contributed by atoms with van der Waals surface area (Å²) in [6, 6.07) is 25.9. The lowest BCUT2D eigenvalue weighted by Gasteiger charge is -2.25. The van der Waals surface area contributed by atoms with Gasteiger partial charge in [0.25, 0.3) is 11.7 Å². The number of nitriles is 1. The van der Waals surface area contributed by atoms with E-state index >= 15 is 0 Å². The van der Waals surface area contributed by atoms with Gasteiger partial charge >= 0.3 is 0 Å². The smallest absolute Gasteiger partial charge is 0.300 e. The van der Waals surface area contributed by atoms with Crippen LogP contribution in [-0.2, 0) is 16.2 Å². The van der Waals surface area contributed by atoms with Crippen LogP contribution in [0, 0.1) is 18.3 Å². The number of pyridine rings is 1. The normalized spacial score (nSPS) is 16.3. The monoisotopic (exact) mass is 501 g/mol. The van der Waals surface area contributed by atoms with Gasteiger partial charge in [-0.15, -0.1) is 0 Å². The molecule has 38 heavy (non-hydrogen) atoms. The van der Waals surface area contributed by atoms with Crippen molar-refractivity contribution in [2.24, 2.45) is 0 Å². The summed E-state index contributed by atoms with van der Waals surface area (Å²) in [6.07, 6.45) is 3.13. The maximum absolute atomic E-state index is 13.3. The number of aliphatic hydroxyl groups is 1.